The second kappa shape index (κ2) is 9.20. The molecule has 7 heteroatoms. The number of fused-ring (bicyclic) bond motifs is 2. The first kappa shape index (κ1) is 19.6. The molecule has 0 unspecified atom stereocenters. The monoisotopic (exact) mass is 410 g/mol. The second-order valence-corrected chi connectivity index (χ2v) is 7.71. The Labute approximate surface area is 174 Å². The Morgan fingerprint density at radius 1 is 1.14 bits per heavy atom. The van der Waals surface area contributed by atoms with E-state index in [-0.39, 0.29) is 17.9 Å². The summed E-state index contributed by atoms with van der Waals surface area (Å²) in [7, 11) is 0. The number of rotatable bonds is 3. The smallest absolute Gasteiger partial charge is 0.224 e. The molecule has 1 N–H and O–H groups in total. The molecular formula is C22H23ClN4O2. The molecule has 0 spiro atoms. The highest BCUT2D eigenvalue weighted by molar-refractivity contribution is 6.30. The Hall–Kier alpha value is -2.70. The van der Waals surface area contributed by atoms with E-state index in [1.54, 1.807) is 4.68 Å². The molecule has 1 amide bonds. The molecule has 3 aromatic rings. The van der Waals surface area contributed by atoms with E-state index in [0.717, 1.165) is 16.8 Å². The molecule has 29 heavy (non-hydrogen) atoms. The number of carbonyl (C=O) groups excluding carboxylic acids is 1. The average Bonchev–Trinajstić information content (AvgIpc) is 3.19. The van der Waals surface area contributed by atoms with Gasteiger partial charge in [-0.2, -0.15) is 0 Å². The lowest BCUT2D eigenvalue weighted by Gasteiger charge is -2.24. The number of ether oxygens (including phenoxy) is 1. The van der Waals surface area contributed by atoms with Crippen molar-refractivity contribution in [2.75, 3.05) is 6.61 Å². The summed E-state index contributed by atoms with van der Waals surface area (Å²) >= 11 is 6.00. The molecule has 0 fully saturated rings. The van der Waals surface area contributed by atoms with Crippen LogP contribution >= 0.6 is 11.6 Å². The largest absolute Gasteiger partial charge is 0.373 e. The summed E-state index contributed by atoms with van der Waals surface area (Å²) in [5.74, 6) is -0.187. The summed E-state index contributed by atoms with van der Waals surface area (Å²) in [5, 5.41) is 12.2. The first-order chi connectivity index (χ1) is 14.2. The van der Waals surface area contributed by atoms with Gasteiger partial charge in [-0.15, -0.1) is 5.10 Å². The molecule has 2 atom stereocenters. The van der Waals surface area contributed by atoms with E-state index in [9.17, 15) is 4.79 Å². The van der Waals surface area contributed by atoms with Gasteiger partial charge >= 0.3 is 0 Å². The van der Waals surface area contributed by atoms with Gasteiger partial charge in [-0.1, -0.05) is 59.3 Å². The van der Waals surface area contributed by atoms with Crippen molar-refractivity contribution in [1.29, 1.82) is 0 Å². The summed E-state index contributed by atoms with van der Waals surface area (Å²) in [6.45, 7) is 1.36. The highest BCUT2D eigenvalue weighted by atomic mass is 35.5. The minimum Gasteiger partial charge on any atom is -0.373 e. The maximum absolute atomic E-state index is 13.2. The predicted molar refractivity (Wildman–Crippen MR) is 110 cm³/mol. The number of carbonyl (C=O) groups is 1. The highest BCUT2D eigenvalue weighted by Crippen LogP contribution is 2.20. The lowest BCUT2D eigenvalue weighted by molar-refractivity contribution is -0.126. The van der Waals surface area contributed by atoms with Crippen molar-refractivity contribution in [3.63, 3.8) is 0 Å². The summed E-state index contributed by atoms with van der Waals surface area (Å²) in [6, 6.07) is 17.3. The van der Waals surface area contributed by atoms with Gasteiger partial charge in [-0.25, -0.2) is 0 Å². The van der Waals surface area contributed by atoms with E-state index >= 15 is 0 Å². The quantitative estimate of drug-likeness (QED) is 0.716. The molecule has 1 aliphatic rings. The third-order valence-corrected chi connectivity index (χ3v) is 5.36. The van der Waals surface area contributed by atoms with Gasteiger partial charge in [0.25, 0.3) is 0 Å². The van der Waals surface area contributed by atoms with Gasteiger partial charge < -0.3 is 10.1 Å². The minimum atomic E-state index is -0.217. The van der Waals surface area contributed by atoms with Crippen LogP contribution in [0.5, 0.6) is 0 Å². The number of nitrogens with one attached hydrogen (secondary N) is 1. The lowest BCUT2D eigenvalue weighted by atomic mass is 9.94. The van der Waals surface area contributed by atoms with Crippen LogP contribution < -0.4 is 5.32 Å². The van der Waals surface area contributed by atoms with Gasteiger partial charge in [0.1, 0.15) is 5.69 Å². The summed E-state index contributed by atoms with van der Waals surface area (Å²) in [6.07, 6.45) is 3.18. The van der Waals surface area contributed by atoms with Crippen LogP contribution in [0.1, 0.15) is 29.3 Å². The molecule has 2 heterocycles. The number of amides is 1. The summed E-state index contributed by atoms with van der Waals surface area (Å²) in [4.78, 5) is 13.2. The third-order valence-electron chi connectivity index (χ3n) is 5.11. The zero-order valence-corrected chi connectivity index (χ0v) is 16.8. The van der Waals surface area contributed by atoms with Gasteiger partial charge in [0, 0.05) is 17.5 Å². The second-order valence-electron chi connectivity index (χ2n) is 7.28. The van der Waals surface area contributed by atoms with Gasteiger partial charge in [-0.05, 0) is 36.1 Å². The molecule has 150 valence electrons. The fourth-order valence-electron chi connectivity index (χ4n) is 3.51. The van der Waals surface area contributed by atoms with Crippen LogP contribution in [-0.2, 0) is 29.1 Å². The standard InChI is InChI=1S/C22H23ClN4O2/c23-19-8-6-16(7-9-19)12-18-10-11-27-13-20(25-26-27)14-29-15-21(24-22(18)28)17-4-2-1-3-5-17/h1-9,13,18,21H,10-12,14-15H2,(H,24,28)/t18-,21+/m1/s1. The first-order valence-electron chi connectivity index (χ1n) is 9.74. The van der Waals surface area contributed by atoms with E-state index < -0.39 is 0 Å². The van der Waals surface area contributed by atoms with Crippen molar-refractivity contribution < 1.29 is 9.53 Å². The number of aromatic nitrogens is 3. The molecule has 1 aliphatic heterocycles. The molecule has 0 aliphatic carbocycles. The third kappa shape index (κ3) is 5.22. The normalized spacial score (nSPS) is 20.4. The maximum atomic E-state index is 13.2. The van der Waals surface area contributed by atoms with E-state index in [2.05, 4.69) is 15.6 Å². The first-order valence-corrected chi connectivity index (χ1v) is 10.1. The number of benzene rings is 2. The molecule has 0 saturated carbocycles. The van der Waals surface area contributed by atoms with Crippen molar-refractivity contribution in [1.82, 2.24) is 20.3 Å². The molecular weight excluding hydrogens is 388 g/mol. The Kier molecular flexibility index (Phi) is 6.22. The summed E-state index contributed by atoms with van der Waals surface area (Å²) < 4.78 is 7.62. The van der Waals surface area contributed by atoms with Crippen LogP contribution in [0, 0.1) is 5.92 Å². The van der Waals surface area contributed by atoms with Gasteiger partial charge in [0.05, 0.1) is 25.5 Å². The van der Waals surface area contributed by atoms with Crippen LogP contribution in [0.25, 0.3) is 0 Å². The summed E-state index contributed by atoms with van der Waals surface area (Å²) in [5.41, 5.74) is 2.89. The van der Waals surface area contributed by atoms with Gasteiger partial charge in [-0.3, -0.25) is 9.48 Å². The van der Waals surface area contributed by atoms with E-state index in [1.165, 1.54) is 0 Å². The van der Waals surface area contributed by atoms with Crippen LogP contribution in [-0.4, -0.2) is 27.5 Å². The maximum Gasteiger partial charge on any atom is 0.224 e. The van der Waals surface area contributed by atoms with Crippen molar-refractivity contribution in [2.45, 2.75) is 32.0 Å². The Morgan fingerprint density at radius 3 is 2.72 bits per heavy atom. The topological polar surface area (TPSA) is 69.0 Å². The van der Waals surface area contributed by atoms with Gasteiger partial charge in [0.15, 0.2) is 0 Å². The fourth-order valence-corrected chi connectivity index (χ4v) is 3.64. The Morgan fingerprint density at radius 2 is 1.93 bits per heavy atom. The van der Waals surface area contributed by atoms with Crippen LogP contribution in [0.15, 0.2) is 60.8 Å². The molecule has 0 saturated heterocycles. The highest BCUT2D eigenvalue weighted by Gasteiger charge is 2.24. The van der Waals surface area contributed by atoms with Crippen molar-refractivity contribution >= 4 is 17.5 Å². The van der Waals surface area contributed by atoms with Crippen LogP contribution in [0.2, 0.25) is 5.02 Å². The zero-order valence-electron chi connectivity index (χ0n) is 16.0. The number of aryl methyl sites for hydroxylation is 1. The van der Waals surface area contributed by atoms with Crippen molar-refractivity contribution in [3.8, 4) is 0 Å². The van der Waals surface area contributed by atoms with E-state index in [1.807, 2.05) is 60.8 Å². The molecule has 2 bridgehead atoms. The molecule has 0 radical (unpaired) electrons. The zero-order chi connectivity index (χ0) is 20.1. The van der Waals surface area contributed by atoms with Crippen LogP contribution in [0.3, 0.4) is 0 Å². The average molecular weight is 411 g/mol. The predicted octanol–water partition coefficient (Wildman–Crippen LogP) is 3.57. The van der Waals surface area contributed by atoms with Crippen molar-refractivity contribution in [3.05, 3.63) is 82.6 Å². The number of halogens is 1. The van der Waals surface area contributed by atoms with E-state index in [0.29, 0.717) is 37.6 Å². The Bertz CT molecular complexity index is 943. The molecule has 4 rings (SSSR count). The molecule has 1 aromatic heterocycles. The van der Waals surface area contributed by atoms with E-state index in [4.69, 9.17) is 16.3 Å². The number of nitrogens with zero attached hydrogens (tertiary/aromatic N) is 3. The molecule has 2 aromatic carbocycles. The number of hydrogen-bond acceptors (Lipinski definition) is 4. The van der Waals surface area contributed by atoms with Crippen molar-refractivity contribution in [2.24, 2.45) is 5.92 Å². The lowest BCUT2D eigenvalue weighted by Crippen LogP contribution is -2.37. The number of hydrogen-bond donors (Lipinski definition) is 1. The van der Waals surface area contributed by atoms with Gasteiger partial charge in [0.2, 0.25) is 5.91 Å². The van der Waals surface area contributed by atoms with Crippen LogP contribution in [0.4, 0.5) is 0 Å². The SMILES string of the molecule is O=C1N[C@H](c2ccccc2)COCc2cn(nn2)CC[C@@H]1Cc1ccc(Cl)cc1. The molecule has 6 nitrogen and oxygen atoms in total. The fraction of sp³-hybridized carbons (Fsp3) is 0.318. The Balaban J connectivity index is 1.58. The minimum absolute atomic E-state index is 0.0123.